The number of aryl methyl sites for hydroxylation is 1. The molecule has 1 aromatic carbocycles. The van der Waals surface area contributed by atoms with Crippen LogP contribution in [0.25, 0.3) is 0 Å². The van der Waals surface area contributed by atoms with E-state index in [2.05, 4.69) is 4.98 Å². The standard InChI is InChI=1S/C16H17ClN2O/c1-12-6-3-4-8-15(12)19(16(20)13(2)17)11-14-7-5-9-18-10-14/h3-10,13H,11H2,1-2H3. The number of alkyl halides is 1. The second-order valence-electron chi connectivity index (χ2n) is 4.69. The molecule has 0 N–H and O–H groups in total. The third kappa shape index (κ3) is 3.36. The summed E-state index contributed by atoms with van der Waals surface area (Å²) >= 11 is 5.98. The fraction of sp³-hybridized carbons (Fsp3) is 0.250. The zero-order valence-electron chi connectivity index (χ0n) is 11.6. The number of amides is 1. The van der Waals surface area contributed by atoms with Crippen LogP contribution in [0.15, 0.2) is 48.8 Å². The molecular formula is C16H17ClN2O. The molecule has 1 unspecified atom stereocenters. The van der Waals surface area contributed by atoms with Crippen molar-refractivity contribution >= 4 is 23.2 Å². The van der Waals surface area contributed by atoms with Crippen LogP contribution in [0.1, 0.15) is 18.1 Å². The maximum atomic E-state index is 12.4. The second kappa shape index (κ2) is 6.53. The van der Waals surface area contributed by atoms with Crippen LogP contribution in [0, 0.1) is 6.92 Å². The minimum absolute atomic E-state index is 0.107. The molecule has 104 valence electrons. The molecule has 0 radical (unpaired) electrons. The highest BCUT2D eigenvalue weighted by molar-refractivity contribution is 6.32. The Bertz CT molecular complexity index is 584. The van der Waals surface area contributed by atoms with Crippen molar-refractivity contribution in [3.8, 4) is 0 Å². The molecule has 1 atom stereocenters. The molecular weight excluding hydrogens is 272 g/mol. The lowest BCUT2D eigenvalue weighted by Crippen LogP contribution is -2.35. The predicted molar refractivity (Wildman–Crippen MR) is 81.9 cm³/mol. The number of anilines is 1. The second-order valence-corrected chi connectivity index (χ2v) is 5.34. The van der Waals surface area contributed by atoms with Crippen molar-refractivity contribution in [3.63, 3.8) is 0 Å². The molecule has 0 saturated heterocycles. The van der Waals surface area contributed by atoms with Crippen molar-refractivity contribution in [2.75, 3.05) is 4.90 Å². The van der Waals surface area contributed by atoms with Crippen LogP contribution in [-0.4, -0.2) is 16.3 Å². The van der Waals surface area contributed by atoms with Crippen molar-refractivity contribution in [2.45, 2.75) is 25.8 Å². The molecule has 0 spiro atoms. The molecule has 0 saturated carbocycles. The molecule has 0 aliphatic heterocycles. The Hall–Kier alpha value is -1.87. The van der Waals surface area contributed by atoms with E-state index in [1.54, 1.807) is 24.2 Å². The third-order valence-electron chi connectivity index (χ3n) is 3.08. The summed E-state index contributed by atoms with van der Waals surface area (Å²) in [4.78, 5) is 18.2. The smallest absolute Gasteiger partial charge is 0.245 e. The largest absolute Gasteiger partial charge is 0.306 e. The van der Waals surface area contributed by atoms with E-state index >= 15 is 0 Å². The summed E-state index contributed by atoms with van der Waals surface area (Å²) in [7, 11) is 0. The van der Waals surface area contributed by atoms with E-state index in [1.807, 2.05) is 43.3 Å². The van der Waals surface area contributed by atoms with Gasteiger partial charge in [-0.05, 0) is 37.1 Å². The Morgan fingerprint density at radius 2 is 2.05 bits per heavy atom. The number of nitrogens with zero attached hydrogens (tertiary/aromatic N) is 2. The highest BCUT2D eigenvalue weighted by atomic mass is 35.5. The average Bonchev–Trinajstić information content (AvgIpc) is 2.46. The van der Waals surface area contributed by atoms with Crippen LogP contribution in [0.3, 0.4) is 0 Å². The first-order chi connectivity index (χ1) is 9.59. The summed E-state index contributed by atoms with van der Waals surface area (Å²) in [5.74, 6) is -0.107. The Balaban J connectivity index is 2.35. The zero-order chi connectivity index (χ0) is 14.5. The van der Waals surface area contributed by atoms with Crippen molar-refractivity contribution in [1.29, 1.82) is 0 Å². The number of halogens is 1. The van der Waals surface area contributed by atoms with Gasteiger partial charge in [-0.25, -0.2) is 0 Å². The summed E-state index contributed by atoms with van der Waals surface area (Å²) in [6.07, 6.45) is 3.48. The molecule has 20 heavy (non-hydrogen) atoms. The SMILES string of the molecule is Cc1ccccc1N(Cc1cccnc1)C(=O)C(C)Cl. The number of benzene rings is 1. The van der Waals surface area contributed by atoms with Crippen LogP contribution < -0.4 is 4.90 Å². The molecule has 0 fully saturated rings. The van der Waals surface area contributed by atoms with Gasteiger partial charge in [-0.1, -0.05) is 24.3 Å². The van der Waals surface area contributed by atoms with Crippen molar-refractivity contribution in [2.24, 2.45) is 0 Å². The lowest BCUT2D eigenvalue weighted by molar-refractivity contribution is -0.118. The number of carbonyl (C=O) groups is 1. The molecule has 2 aromatic rings. The molecule has 1 amide bonds. The molecule has 0 bridgehead atoms. The molecule has 2 rings (SSSR count). The highest BCUT2D eigenvalue weighted by Crippen LogP contribution is 2.23. The van der Waals surface area contributed by atoms with Crippen LogP contribution in [0.4, 0.5) is 5.69 Å². The van der Waals surface area contributed by atoms with Gasteiger partial charge in [0.05, 0.1) is 6.54 Å². The maximum absolute atomic E-state index is 12.4. The van der Waals surface area contributed by atoms with E-state index in [0.717, 1.165) is 16.8 Å². The van der Waals surface area contributed by atoms with Gasteiger partial charge < -0.3 is 4.90 Å². The van der Waals surface area contributed by atoms with Crippen LogP contribution in [0.5, 0.6) is 0 Å². The van der Waals surface area contributed by atoms with Crippen molar-refractivity contribution < 1.29 is 4.79 Å². The lowest BCUT2D eigenvalue weighted by Gasteiger charge is -2.25. The van der Waals surface area contributed by atoms with Gasteiger partial charge >= 0.3 is 0 Å². The fourth-order valence-corrected chi connectivity index (χ4v) is 2.15. The zero-order valence-corrected chi connectivity index (χ0v) is 12.3. The number of pyridine rings is 1. The lowest BCUT2D eigenvalue weighted by atomic mass is 10.1. The normalized spacial score (nSPS) is 11.9. The number of hydrogen-bond acceptors (Lipinski definition) is 2. The van der Waals surface area contributed by atoms with Gasteiger partial charge in [0.1, 0.15) is 5.38 Å². The molecule has 4 heteroatoms. The molecule has 0 aliphatic carbocycles. The molecule has 3 nitrogen and oxygen atoms in total. The number of carbonyl (C=O) groups excluding carboxylic acids is 1. The van der Waals surface area contributed by atoms with Gasteiger partial charge in [0.15, 0.2) is 0 Å². The Morgan fingerprint density at radius 3 is 2.65 bits per heavy atom. The van der Waals surface area contributed by atoms with E-state index in [0.29, 0.717) is 6.54 Å². The number of aromatic nitrogens is 1. The average molecular weight is 289 g/mol. The first kappa shape index (κ1) is 14.5. The molecule has 0 aliphatic rings. The third-order valence-corrected chi connectivity index (χ3v) is 3.26. The van der Waals surface area contributed by atoms with Gasteiger partial charge in [-0.3, -0.25) is 9.78 Å². The van der Waals surface area contributed by atoms with Gasteiger partial charge in [0.2, 0.25) is 5.91 Å². The molecule has 1 aromatic heterocycles. The Labute approximate surface area is 124 Å². The monoisotopic (exact) mass is 288 g/mol. The quantitative estimate of drug-likeness (QED) is 0.806. The summed E-state index contributed by atoms with van der Waals surface area (Å²) in [5.41, 5.74) is 2.90. The summed E-state index contributed by atoms with van der Waals surface area (Å²) in [6, 6.07) is 11.6. The Morgan fingerprint density at radius 1 is 1.30 bits per heavy atom. The highest BCUT2D eigenvalue weighted by Gasteiger charge is 2.21. The van der Waals surface area contributed by atoms with Crippen LogP contribution >= 0.6 is 11.6 Å². The van der Waals surface area contributed by atoms with E-state index in [-0.39, 0.29) is 5.91 Å². The number of para-hydroxylation sites is 1. The van der Waals surface area contributed by atoms with Crippen molar-refractivity contribution in [3.05, 3.63) is 59.9 Å². The van der Waals surface area contributed by atoms with E-state index in [1.165, 1.54) is 0 Å². The summed E-state index contributed by atoms with van der Waals surface area (Å²) < 4.78 is 0. The van der Waals surface area contributed by atoms with E-state index in [9.17, 15) is 4.79 Å². The van der Waals surface area contributed by atoms with Crippen molar-refractivity contribution in [1.82, 2.24) is 4.98 Å². The summed E-state index contributed by atoms with van der Waals surface area (Å²) in [5, 5.41) is -0.564. The van der Waals surface area contributed by atoms with Gasteiger partial charge in [-0.15, -0.1) is 11.6 Å². The van der Waals surface area contributed by atoms with Gasteiger partial charge in [-0.2, -0.15) is 0 Å². The van der Waals surface area contributed by atoms with E-state index in [4.69, 9.17) is 11.6 Å². The van der Waals surface area contributed by atoms with Crippen LogP contribution in [0.2, 0.25) is 0 Å². The van der Waals surface area contributed by atoms with Gasteiger partial charge in [0.25, 0.3) is 0 Å². The maximum Gasteiger partial charge on any atom is 0.245 e. The first-order valence-corrected chi connectivity index (χ1v) is 6.93. The summed E-state index contributed by atoms with van der Waals surface area (Å²) in [6.45, 7) is 4.14. The molecule has 1 heterocycles. The first-order valence-electron chi connectivity index (χ1n) is 6.49. The topological polar surface area (TPSA) is 33.2 Å². The Kier molecular flexibility index (Phi) is 4.74. The number of hydrogen-bond donors (Lipinski definition) is 0. The van der Waals surface area contributed by atoms with Gasteiger partial charge in [0, 0.05) is 18.1 Å². The van der Waals surface area contributed by atoms with Crippen LogP contribution in [-0.2, 0) is 11.3 Å². The predicted octanol–water partition coefficient (Wildman–Crippen LogP) is 3.55. The number of rotatable bonds is 4. The minimum atomic E-state index is -0.564. The fourth-order valence-electron chi connectivity index (χ4n) is 2.04. The van der Waals surface area contributed by atoms with E-state index < -0.39 is 5.38 Å². The minimum Gasteiger partial charge on any atom is -0.306 e.